The predicted octanol–water partition coefficient (Wildman–Crippen LogP) is 4.02. The topological polar surface area (TPSA) is 36.1 Å². The summed E-state index contributed by atoms with van der Waals surface area (Å²) in [5, 5.41) is 9.13. The van der Waals surface area contributed by atoms with Crippen molar-refractivity contribution in [2.24, 2.45) is 4.40 Å². The van der Waals surface area contributed by atoms with Gasteiger partial charge in [0.1, 0.15) is 6.07 Å². The molecule has 0 N–H and O–H groups in total. The second-order valence-corrected chi connectivity index (χ2v) is 4.66. The van der Waals surface area contributed by atoms with Gasteiger partial charge in [-0.1, -0.05) is 48.0 Å². The summed E-state index contributed by atoms with van der Waals surface area (Å²) >= 11 is 1.32. The van der Waals surface area contributed by atoms with Gasteiger partial charge >= 0.3 is 0 Å². The maximum atomic E-state index is 9.13. The third-order valence-electron chi connectivity index (χ3n) is 2.42. The van der Waals surface area contributed by atoms with Gasteiger partial charge in [-0.3, -0.25) is 0 Å². The highest BCUT2D eigenvalue weighted by molar-refractivity contribution is 7.98. The van der Waals surface area contributed by atoms with Gasteiger partial charge in [-0.15, -0.1) is 0 Å². The van der Waals surface area contributed by atoms with Gasteiger partial charge in [-0.2, -0.15) is 9.66 Å². The molecule has 0 amide bonds. The van der Waals surface area contributed by atoms with Crippen LogP contribution >= 0.6 is 11.9 Å². The fraction of sp³-hybridized carbons (Fsp3) is 0.0667. The maximum Gasteiger partial charge on any atom is 0.156 e. The Kier molecular flexibility index (Phi) is 4.16. The van der Waals surface area contributed by atoms with Crippen molar-refractivity contribution >= 4 is 17.7 Å². The van der Waals surface area contributed by atoms with Crippen LogP contribution in [0.15, 0.2) is 63.9 Å². The van der Waals surface area contributed by atoms with E-state index in [0.717, 1.165) is 10.5 Å². The average Bonchev–Trinajstić information content (AvgIpc) is 2.42. The number of hydrogen-bond donors (Lipinski definition) is 0. The summed E-state index contributed by atoms with van der Waals surface area (Å²) in [4.78, 5) is 1.03. The fourth-order valence-electron chi connectivity index (χ4n) is 1.43. The first-order valence-electron chi connectivity index (χ1n) is 5.57. The standard InChI is InChI=1S/C15H12N2S/c1-12-7-9-13(10-8-12)15(11-16)17-18-14-5-3-2-4-6-14/h2-10H,1H3. The van der Waals surface area contributed by atoms with Crippen LogP contribution in [0.25, 0.3) is 0 Å². The molecule has 2 aromatic rings. The van der Waals surface area contributed by atoms with Crippen molar-refractivity contribution in [3.8, 4) is 6.07 Å². The third kappa shape index (κ3) is 3.22. The van der Waals surface area contributed by atoms with Crippen LogP contribution in [0.3, 0.4) is 0 Å². The molecule has 0 bridgehead atoms. The van der Waals surface area contributed by atoms with Crippen LogP contribution < -0.4 is 0 Å². The Morgan fingerprint density at radius 1 is 1.06 bits per heavy atom. The Morgan fingerprint density at radius 2 is 1.72 bits per heavy atom. The van der Waals surface area contributed by atoms with Crippen molar-refractivity contribution in [2.75, 3.05) is 0 Å². The Bertz CT molecular complexity index is 580. The summed E-state index contributed by atoms with van der Waals surface area (Å²) in [6, 6.07) is 19.7. The van der Waals surface area contributed by atoms with Crippen molar-refractivity contribution in [1.82, 2.24) is 0 Å². The zero-order valence-corrected chi connectivity index (χ0v) is 10.8. The van der Waals surface area contributed by atoms with E-state index in [9.17, 15) is 0 Å². The molecule has 0 fully saturated rings. The minimum Gasteiger partial charge on any atom is -0.200 e. The molecule has 3 heteroatoms. The lowest BCUT2D eigenvalue weighted by Gasteiger charge is -1.99. The summed E-state index contributed by atoms with van der Waals surface area (Å²) in [5.41, 5.74) is 2.47. The van der Waals surface area contributed by atoms with E-state index in [1.54, 1.807) is 0 Å². The molecule has 0 saturated carbocycles. The SMILES string of the molecule is Cc1ccc(C(C#N)=NSc2ccccc2)cc1. The predicted molar refractivity (Wildman–Crippen MR) is 75.6 cm³/mol. The smallest absolute Gasteiger partial charge is 0.156 e. The zero-order chi connectivity index (χ0) is 12.8. The van der Waals surface area contributed by atoms with Gasteiger partial charge in [0.15, 0.2) is 5.71 Å². The molecule has 0 spiro atoms. The number of hydrogen-bond acceptors (Lipinski definition) is 3. The average molecular weight is 252 g/mol. The molecule has 2 aromatic carbocycles. The first-order chi connectivity index (χ1) is 8.79. The third-order valence-corrected chi connectivity index (χ3v) is 3.17. The zero-order valence-electron chi connectivity index (χ0n) is 10.00. The van der Waals surface area contributed by atoms with Gasteiger partial charge in [0.05, 0.1) is 0 Å². The molecule has 0 aliphatic rings. The van der Waals surface area contributed by atoms with Crippen molar-refractivity contribution in [3.63, 3.8) is 0 Å². The van der Waals surface area contributed by atoms with Crippen molar-refractivity contribution in [2.45, 2.75) is 11.8 Å². The van der Waals surface area contributed by atoms with Crippen molar-refractivity contribution < 1.29 is 0 Å². The minimum absolute atomic E-state index is 0.448. The van der Waals surface area contributed by atoms with E-state index in [4.69, 9.17) is 5.26 Å². The van der Waals surface area contributed by atoms with Crippen molar-refractivity contribution in [1.29, 1.82) is 5.26 Å². The summed E-state index contributed by atoms with van der Waals surface area (Å²) in [6.45, 7) is 2.02. The molecule has 0 saturated heterocycles. The molecule has 18 heavy (non-hydrogen) atoms. The molecule has 2 rings (SSSR count). The Labute approximate surface area is 111 Å². The number of nitrogens with zero attached hydrogens (tertiary/aromatic N) is 2. The quantitative estimate of drug-likeness (QED) is 0.611. The first-order valence-corrected chi connectivity index (χ1v) is 6.34. The second kappa shape index (κ2) is 6.04. The summed E-state index contributed by atoms with van der Waals surface area (Å²) < 4.78 is 4.28. The van der Waals surface area contributed by atoms with E-state index in [0.29, 0.717) is 5.71 Å². The van der Waals surface area contributed by atoms with E-state index in [-0.39, 0.29) is 0 Å². The Balaban J connectivity index is 2.19. The molecular weight excluding hydrogens is 240 g/mol. The molecule has 0 atom stereocenters. The molecule has 0 aromatic heterocycles. The number of aryl methyl sites for hydroxylation is 1. The Hall–Kier alpha value is -2.05. The van der Waals surface area contributed by atoms with E-state index in [1.807, 2.05) is 61.5 Å². The highest BCUT2D eigenvalue weighted by Gasteiger charge is 2.02. The molecule has 2 nitrogen and oxygen atoms in total. The fourth-order valence-corrected chi connectivity index (χ4v) is 2.05. The Morgan fingerprint density at radius 3 is 2.33 bits per heavy atom. The number of nitriles is 1. The van der Waals surface area contributed by atoms with Crippen LogP contribution in [0.1, 0.15) is 11.1 Å². The normalized spacial score (nSPS) is 11.0. The van der Waals surface area contributed by atoms with Gasteiger partial charge in [-0.05, 0) is 19.1 Å². The van der Waals surface area contributed by atoms with Crippen molar-refractivity contribution in [3.05, 3.63) is 65.7 Å². The van der Waals surface area contributed by atoms with Crippen LogP contribution in [0.2, 0.25) is 0 Å². The van der Waals surface area contributed by atoms with Crippen LogP contribution in [0.5, 0.6) is 0 Å². The largest absolute Gasteiger partial charge is 0.200 e. The monoisotopic (exact) mass is 252 g/mol. The molecule has 0 unspecified atom stereocenters. The van der Waals surface area contributed by atoms with Gasteiger partial charge < -0.3 is 0 Å². The van der Waals surface area contributed by atoms with Gasteiger partial charge in [-0.25, -0.2) is 0 Å². The maximum absolute atomic E-state index is 9.13. The first kappa shape index (κ1) is 12.4. The number of rotatable bonds is 3. The van der Waals surface area contributed by atoms with Crippen LogP contribution in [0.4, 0.5) is 0 Å². The van der Waals surface area contributed by atoms with E-state index in [2.05, 4.69) is 10.5 Å². The van der Waals surface area contributed by atoms with E-state index >= 15 is 0 Å². The summed E-state index contributed by atoms with van der Waals surface area (Å²) in [5.74, 6) is 0. The highest BCUT2D eigenvalue weighted by Crippen LogP contribution is 2.19. The lowest BCUT2D eigenvalue weighted by molar-refractivity contribution is 1.45. The molecule has 0 aliphatic heterocycles. The van der Waals surface area contributed by atoms with Crippen LogP contribution in [-0.4, -0.2) is 5.71 Å². The highest BCUT2D eigenvalue weighted by atomic mass is 32.2. The second-order valence-electron chi connectivity index (χ2n) is 3.82. The van der Waals surface area contributed by atoms with E-state index in [1.165, 1.54) is 17.5 Å². The van der Waals surface area contributed by atoms with E-state index < -0.39 is 0 Å². The molecule has 0 aliphatic carbocycles. The minimum atomic E-state index is 0.448. The molecule has 0 heterocycles. The molecule has 0 radical (unpaired) electrons. The van der Waals surface area contributed by atoms with Crippen LogP contribution in [-0.2, 0) is 0 Å². The van der Waals surface area contributed by atoms with Gasteiger partial charge in [0.2, 0.25) is 0 Å². The molecular formula is C15H12N2S. The van der Waals surface area contributed by atoms with Crippen LogP contribution in [0, 0.1) is 18.3 Å². The summed E-state index contributed by atoms with van der Waals surface area (Å²) in [6.07, 6.45) is 0. The molecule has 88 valence electrons. The summed E-state index contributed by atoms with van der Waals surface area (Å²) in [7, 11) is 0. The lowest BCUT2D eigenvalue weighted by Crippen LogP contribution is -1.95. The van der Waals surface area contributed by atoms with Gasteiger partial charge in [0.25, 0.3) is 0 Å². The lowest BCUT2D eigenvalue weighted by atomic mass is 10.1. The van der Waals surface area contributed by atoms with Gasteiger partial charge in [0, 0.05) is 22.4 Å². The number of benzene rings is 2.